The van der Waals surface area contributed by atoms with Crippen molar-refractivity contribution in [3.05, 3.63) is 23.1 Å². The van der Waals surface area contributed by atoms with Gasteiger partial charge in [-0.25, -0.2) is 25.7 Å². The smallest absolute Gasteiger partial charge is 0.330 e. The summed E-state index contributed by atoms with van der Waals surface area (Å²) in [5.41, 5.74) is 0. The van der Waals surface area contributed by atoms with Gasteiger partial charge in [0.15, 0.2) is 18.5 Å². The predicted octanol–water partition coefficient (Wildman–Crippen LogP) is -5.06. The van der Waals surface area contributed by atoms with Gasteiger partial charge in [-0.05, 0) is 0 Å². The van der Waals surface area contributed by atoms with E-state index in [9.17, 15) is 35.0 Å². The first-order chi connectivity index (χ1) is 14.0. The van der Waals surface area contributed by atoms with E-state index in [2.05, 4.69) is 6.58 Å². The van der Waals surface area contributed by atoms with Crippen LogP contribution in [0.4, 0.5) is 0 Å². The molecule has 15 nitrogen and oxygen atoms in total. The summed E-state index contributed by atoms with van der Waals surface area (Å²) in [4.78, 5) is 34.9. The van der Waals surface area contributed by atoms with Gasteiger partial charge in [-0.3, -0.25) is 9.59 Å². The molecule has 1 saturated heterocycles. The minimum atomic E-state index is -1.92. The van der Waals surface area contributed by atoms with E-state index in [-0.39, 0.29) is 0 Å². The SMILES string of the molecule is C=CC(=O)O[C@H]1[C@H](O)[C@@H](COC(=O)CC[NH+]([O-])O)O[C@H](O)[C@@H]1OC(=O)CC[NH+]([O-])O. The van der Waals surface area contributed by atoms with Gasteiger partial charge in [0, 0.05) is 6.08 Å². The number of carbonyl (C=O) groups is 3. The van der Waals surface area contributed by atoms with E-state index in [1.165, 1.54) is 0 Å². The van der Waals surface area contributed by atoms with Crippen LogP contribution in [0.2, 0.25) is 0 Å². The number of quaternary nitrogens is 2. The maximum absolute atomic E-state index is 11.8. The molecule has 0 aliphatic carbocycles. The summed E-state index contributed by atoms with van der Waals surface area (Å²) in [6.45, 7) is 1.51. The Kier molecular flexibility index (Phi) is 10.7. The van der Waals surface area contributed by atoms with Crippen LogP contribution < -0.4 is 10.5 Å². The fourth-order valence-corrected chi connectivity index (χ4v) is 2.36. The molecule has 0 bridgehead atoms. The Bertz CT molecular complexity index is 599. The standard InChI is InChI=1S/C15H24N2O13/c1-2-9(18)29-13-12(21)8(7-27-10(19)3-5-16(23)24)28-15(22)14(13)30-11(20)4-6-17(25)26/h2,8,12-17,21-23,25H,1,3-7H2/t8-,12-,13+,14-,15+/m1/s1. The van der Waals surface area contributed by atoms with Crippen molar-refractivity contribution in [3.8, 4) is 0 Å². The lowest BCUT2D eigenvalue weighted by atomic mass is 9.98. The zero-order valence-electron chi connectivity index (χ0n) is 15.7. The number of hydrogen-bond donors (Lipinski definition) is 6. The molecule has 30 heavy (non-hydrogen) atoms. The number of aliphatic hydroxyl groups excluding tert-OH is 2. The highest BCUT2D eigenvalue weighted by molar-refractivity contribution is 5.81. The van der Waals surface area contributed by atoms with Crippen molar-refractivity contribution in [2.75, 3.05) is 19.7 Å². The van der Waals surface area contributed by atoms with Crippen molar-refractivity contribution in [2.24, 2.45) is 0 Å². The molecule has 0 aromatic carbocycles. The van der Waals surface area contributed by atoms with E-state index in [4.69, 9.17) is 29.4 Å². The van der Waals surface area contributed by atoms with Crippen molar-refractivity contribution in [3.63, 3.8) is 0 Å². The van der Waals surface area contributed by atoms with E-state index >= 15 is 0 Å². The van der Waals surface area contributed by atoms with Gasteiger partial charge >= 0.3 is 17.9 Å². The molecule has 7 atom stereocenters. The van der Waals surface area contributed by atoms with Crippen LogP contribution in [0.5, 0.6) is 0 Å². The number of rotatable bonds is 11. The molecule has 0 aromatic rings. The summed E-state index contributed by atoms with van der Waals surface area (Å²) < 4.78 is 19.7. The highest BCUT2D eigenvalue weighted by atomic mass is 16.8. The van der Waals surface area contributed by atoms with Gasteiger partial charge in [-0.15, -0.1) is 0 Å². The number of aliphatic hydroxyl groups is 2. The molecule has 1 aliphatic rings. The van der Waals surface area contributed by atoms with Crippen LogP contribution in [0.25, 0.3) is 0 Å². The molecule has 1 rings (SSSR count). The normalized spacial score (nSPS) is 28.1. The second kappa shape index (κ2) is 12.5. The monoisotopic (exact) mass is 440 g/mol. The second-order valence-electron chi connectivity index (χ2n) is 6.09. The summed E-state index contributed by atoms with van der Waals surface area (Å²) in [6.07, 6.45) is -8.68. The van der Waals surface area contributed by atoms with Gasteiger partial charge in [0.1, 0.15) is 31.9 Å². The maximum atomic E-state index is 11.8. The van der Waals surface area contributed by atoms with Gasteiger partial charge < -0.3 is 39.6 Å². The Labute approximate surface area is 169 Å². The van der Waals surface area contributed by atoms with Crippen LogP contribution >= 0.6 is 0 Å². The zero-order valence-corrected chi connectivity index (χ0v) is 15.7. The van der Waals surface area contributed by atoms with Crippen molar-refractivity contribution < 1.29 is 64.4 Å². The number of nitrogens with one attached hydrogen (secondary N) is 2. The van der Waals surface area contributed by atoms with Crippen LogP contribution in [-0.2, 0) is 33.3 Å². The fraction of sp³-hybridized carbons (Fsp3) is 0.667. The quantitative estimate of drug-likeness (QED) is 0.0766. The molecule has 0 aromatic heterocycles. The van der Waals surface area contributed by atoms with Gasteiger partial charge in [-0.2, -0.15) is 0 Å². The minimum Gasteiger partial charge on any atom is -0.600 e. The molecule has 15 heteroatoms. The zero-order chi connectivity index (χ0) is 22.8. The number of carbonyl (C=O) groups excluding carboxylic acids is 3. The largest absolute Gasteiger partial charge is 0.600 e. The van der Waals surface area contributed by atoms with Gasteiger partial charge in [-0.1, -0.05) is 6.58 Å². The fourth-order valence-electron chi connectivity index (χ4n) is 2.36. The van der Waals surface area contributed by atoms with Gasteiger partial charge in [0.2, 0.25) is 0 Å². The van der Waals surface area contributed by atoms with E-state index in [1.807, 2.05) is 0 Å². The van der Waals surface area contributed by atoms with E-state index in [1.54, 1.807) is 0 Å². The van der Waals surface area contributed by atoms with Crippen molar-refractivity contribution in [1.29, 1.82) is 0 Å². The molecule has 1 aliphatic heterocycles. The molecule has 6 N–H and O–H groups in total. The van der Waals surface area contributed by atoms with Crippen LogP contribution in [0.1, 0.15) is 12.8 Å². The molecule has 1 fully saturated rings. The highest BCUT2D eigenvalue weighted by Crippen LogP contribution is 2.26. The molecular formula is C15H24N2O13. The average Bonchev–Trinajstić information content (AvgIpc) is 2.68. The van der Waals surface area contributed by atoms with Crippen LogP contribution in [0.15, 0.2) is 12.7 Å². The maximum Gasteiger partial charge on any atom is 0.330 e. The number of hydrogen-bond acceptors (Lipinski definition) is 13. The first-order valence-corrected chi connectivity index (χ1v) is 8.68. The minimum absolute atomic E-state index is 0.445. The Morgan fingerprint density at radius 3 is 2.10 bits per heavy atom. The van der Waals surface area contributed by atoms with Crippen molar-refractivity contribution in [1.82, 2.24) is 0 Å². The van der Waals surface area contributed by atoms with E-state index in [0.29, 0.717) is 0 Å². The lowest BCUT2D eigenvalue weighted by Crippen LogP contribution is -3.04. The lowest BCUT2D eigenvalue weighted by molar-refractivity contribution is -1.05. The first-order valence-electron chi connectivity index (χ1n) is 8.68. The van der Waals surface area contributed by atoms with Crippen LogP contribution in [-0.4, -0.2) is 88.9 Å². The molecule has 0 spiro atoms. The summed E-state index contributed by atoms with van der Waals surface area (Å²) >= 11 is 0. The predicted molar refractivity (Wildman–Crippen MR) is 89.0 cm³/mol. The molecular weight excluding hydrogens is 416 g/mol. The number of hydroxylamine groups is 4. The van der Waals surface area contributed by atoms with E-state index in [0.717, 1.165) is 6.08 Å². The second-order valence-corrected chi connectivity index (χ2v) is 6.09. The molecule has 0 radical (unpaired) electrons. The summed E-state index contributed by atoms with van der Waals surface area (Å²) in [5.74, 6) is -3.00. The molecule has 172 valence electrons. The molecule has 0 amide bonds. The molecule has 1 heterocycles. The molecule has 0 saturated carbocycles. The number of ether oxygens (including phenoxy) is 4. The van der Waals surface area contributed by atoms with Gasteiger partial charge in [0.25, 0.3) is 0 Å². The number of esters is 3. The summed E-state index contributed by atoms with van der Waals surface area (Å²) in [7, 11) is 0. The third-order valence-electron chi connectivity index (χ3n) is 3.82. The Hall–Kier alpha value is -2.21. The van der Waals surface area contributed by atoms with Crippen molar-refractivity contribution in [2.45, 2.75) is 43.5 Å². The Morgan fingerprint density at radius 2 is 1.57 bits per heavy atom. The average molecular weight is 440 g/mol. The molecule has 2 unspecified atom stereocenters. The van der Waals surface area contributed by atoms with Crippen LogP contribution in [0.3, 0.4) is 0 Å². The third kappa shape index (κ3) is 8.66. The summed E-state index contributed by atoms with van der Waals surface area (Å²) in [5, 5.41) is 56.1. The topological polar surface area (TPSA) is 224 Å². The van der Waals surface area contributed by atoms with Crippen molar-refractivity contribution >= 4 is 17.9 Å². The lowest BCUT2D eigenvalue weighted by Gasteiger charge is -2.41. The highest BCUT2D eigenvalue weighted by Gasteiger charge is 2.49. The van der Waals surface area contributed by atoms with Crippen LogP contribution in [0, 0.1) is 10.4 Å². The Morgan fingerprint density at radius 1 is 1.00 bits per heavy atom. The van der Waals surface area contributed by atoms with Gasteiger partial charge in [0.05, 0.1) is 12.8 Å². The third-order valence-corrected chi connectivity index (χ3v) is 3.82. The first kappa shape index (κ1) is 25.8. The Balaban J connectivity index is 2.80. The summed E-state index contributed by atoms with van der Waals surface area (Å²) in [6, 6.07) is 0. The van der Waals surface area contributed by atoms with E-state index < -0.39 is 91.6 Å².